The van der Waals surface area contributed by atoms with Crippen LogP contribution >= 0.6 is 0 Å². The maximum atomic E-state index is 11.7. The number of rotatable bonds is 3. The highest BCUT2D eigenvalue weighted by molar-refractivity contribution is 5.81. The summed E-state index contributed by atoms with van der Waals surface area (Å²) >= 11 is 0. The van der Waals surface area contributed by atoms with Crippen molar-refractivity contribution in [1.29, 1.82) is 0 Å². The molecule has 0 aliphatic heterocycles. The molecule has 0 spiro atoms. The molecule has 0 radical (unpaired) electrons. The number of carbonyl (C=O) groups excluding carboxylic acids is 1. The first-order chi connectivity index (χ1) is 9.24. The summed E-state index contributed by atoms with van der Waals surface area (Å²) in [6.45, 7) is 0. The lowest BCUT2D eigenvalue weighted by Gasteiger charge is -2.29. The van der Waals surface area contributed by atoms with E-state index in [4.69, 9.17) is 0 Å². The third-order valence-electron chi connectivity index (χ3n) is 4.08. The van der Waals surface area contributed by atoms with Gasteiger partial charge in [-0.05, 0) is 44.6 Å². The molecule has 0 aromatic carbocycles. The van der Waals surface area contributed by atoms with E-state index in [1.54, 1.807) is 23.0 Å². The lowest BCUT2D eigenvalue weighted by molar-refractivity contribution is -0.123. The second-order valence-electron chi connectivity index (χ2n) is 5.59. The van der Waals surface area contributed by atoms with Gasteiger partial charge in [-0.15, -0.1) is 0 Å². The van der Waals surface area contributed by atoms with Crippen LogP contribution in [-0.2, 0) is 4.79 Å². The lowest BCUT2D eigenvalue weighted by Crippen LogP contribution is -2.40. The van der Waals surface area contributed by atoms with Gasteiger partial charge in [0.2, 0.25) is 5.91 Å². The molecule has 2 saturated carbocycles. The van der Waals surface area contributed by atoms with E-state index in [-0.39, 0.29) is 29.5 Å². The van der Waals surface area contributed by atoms with Crippen LogP contribution in [0.1, 0.15) is 44.6 Å². The van der Waals surface area contributed by atoms with E-state index < -0.39 is 0 Å². The quantitative estimate of drug-likeness (QED) is 0.890. The van der Waals surface area contributed by atoms with Gasteiger partial charge in [0.05, 0.1) is 6.04 Å². The molecule has 2 aliphatic rings. The Morgan fingerprint density at radius 1 is 1.21 bits per heavy atom. The fourth-order valence-corrected chi connectivity index (χ4v) is 2.77. The summed E-state index contributed by atoms with van der Waals surface area (Å²) in [6, 6.07) is 3.68. The summed E-state index contributed by atoms with van der Waals surface area (Å²) in [5, 5.41) is 7.26. The van der Waals surface area contributed by atoms with Crippen molar-refractivity contribution in [3.8, 4) is 0 Å². The smallest absolute Gasteiger partial charge is 0.266 e. The van der Waals surface area contributed by atoms with Gasteiger partial charge in [-0.1, -0.05) is 0 Å². The average molecular weight is 261 g/mol. The van der Waals surface area contributed by atoms with Crippen molar-refractivity contribution in [3.63, 3.8) is 0 Å². The van der Waals surface area contributed by atoms with Crippen LogP contribution < -0.4 is 10.9 Å². The van der Waals surface area contributed by atoms with E-state index in [1.165, 1.54) is 0 Å². The maximum absolute atomic E-state index is 11.7. The zero-order valence-corrected chi connectivity index (χ0v) is 10.9. The molecule has 19 heavy (non-hydrogen) atoms. The molecule has 0 atom stereocenters. The van der Waals surface area contributed by atoms with E-state index in [0.29, 0.717) is 0 Å². The largest absolute Gasteiger partial charge is 0.353 e. The lowest BCUT2D eigenvalue weighted by atomic mass is 9.91. The Balaban J connectivity index is 1.56. The van der Waals surface area contributed by atoms with Crippen LogP contribution in [0.25, 0.3) is 0 Å². The minimum atomic E-state index is -0.0343. The second kappa shape index (κ2) is 5.15. The molecular weight excluding hydrogens is 242 g/mol. The summed E-state index contributed by atoms with van der Waals surface area (Å²) in [6.07, 6.45) is 7.44. The van der Waals surface area contributed by atoms with Crippen molar-refractivity contribution in [3.05, 3.63) is 28.7 Å². The standard InChI is InChI=1S/C14H19N3O2/c18-13-2-1-9-15-17(13)12-7-5-11(6-8-12)16-14(19)10-3-4-10/h1-2,9-12H,3-8H2,(H,16,19). The van der Waals surface area contributed by atoms with Crippen molar-refractivity contribution in [2.45, 2.75) is 50.6 Å². The van der Waals surface area contributed by atoms with Crippen molar-refractivity contribution in [1.82, 2.24) is 15.1 Å². The van der Waals surface area contributed by atoms with Crippen LogP contribution in [0, 0.1) is 5.92 Å². The second-order valence-corrected chi connectivity index (χ2v) is 5.59. The minimum absolute atomic E-state index is 0.0343. The Labute approximate surface area is 112 Å². The Kier molecular flexibility index (Phi) is 3.36. The minimum Gasteiger partial charge on any atom is -0.353 e. The molecule has 1 aromatic rings. The van der Waals surface area contributed by atoms with Crippen LogP contribution in [0.4, 0.5) is 0 Å². The molecule has 0 saturated heterocycles. The van der Waals surface area contributed by atoms with E-state index >= 15 is 0 Å². The van der Waals surface area contributed by atoms with Gasteiger partial charge in [-0.2, -0.15) is 5.10 Å². The number of hydrogen-bond donors (Lipinski definition) is 1. The van der Waals surface area contributed by atoms with Crippen molar-refractivity contribution in [2.75, 3.05) is 0 Å². The number of hydrogen-bond acceptors (Lipinski definition) is 3. The maximum Gasteiger partial charge on any atom is 0.266 e. The summed E-state index contributed by atoms with van der Waals surface area (Å²) in [7, 11) is 0. The third kappa shape index (κ3) is 2.85. The number of nitrogens with one attached hydrogen (secondary N) is 1. The van der Waals surface area contributed by atoms with E-state index in [9.17, 15) is 9.59 Å². The number of nitrogens with zero attached hydrogens (tertiary/aromatic N) is 2. The Morgan fingerprint density at radius 3 is 2.58 bits per heavy atom. The third-order valence-corrected chi connectivity index (χ3v) is 4.08. The Bertz CT molecular complexity index is 513. The fraction of sp³-hybridized carbons (Fsp3) is 0.643. The Hall–Kier alpha value is -1.65. The van der Waals surface area contributed by atoms with Gasteiger partial charge in [-0.3, -0.25) is 9.59 Å². The number of aromatic nitrogens is 2. The zero-order valence-electron chi connectivity index (χ0n) is 10.9. The van der Waals surface area contributed by atoms with Gasteiger partial charge in [0, 0.05) is 24.2 Å². The highest BCUT2D eigenvalue weighted by atomic mass is 16.2. The van der Waals surface area contributed by atoms with Crippen molar-refractivity contribution >= 4 is 5.91 Å². The average Bonchev–Trinajstić information content (AvgIpc) is 3.25. The van der Waals surface area contributed by atoms with Gasteiger partial charge in [0.25, 0.3) is 5.56 Å². The van der Waals surface area contributed by atoms with Gasteiger partial charge in [0.1, 0.15) is 0 Å². The predicted octanol–water partition coefficient (Wildman–Crippen LogP) is 1.25. The highest BCUT2D eigenvalue weighted by Crippen LogP contribution is 2.31. The molecule has 5 nitrogen and oxygen atoms in total. The molecule has 1 N–H and O–H groups in total. The fourth-order valence-electron chi connectivity index (χ4n) is 2.77. The van der Waals surface area contributed by atoms with E-state index in [2.05, 4.69) is 10.4 Å². The topological polar surface area (TPSA) is 64.0 Å². The number of carbonyl (C=O) groups is 1. The van der Waals surface area contributed by atoms with Crippen LogP contribution in [0.3, 0.4) is 0 Å². The van der Waals surface area contributed by atoms with Crippen molar-refractivity contribution < 1.29 is 4.79 Å². The molecule has 0 unspecified atom stereocenters. The SMILES string of the molecule is O=C(NC1CCC(n2ncccc2=O)CC1)C1CC1. The molecule has 5 heteroatoms. The van der Waals surface area contributed by atoms with Crippen LogP contribution in [-0.4, -0.2) is 21.7 Å². The Morgan fingerprint density at radius 2 is 1.95 bits per heavy atom. The summed E-state index contributed by atoms with van der Waals surface area (Å²) < 4.78 is 1.58. The summed E-state index contributed by atoms with van der Waals surface area (Å²) in [5.41, 5.74) is -0.0343. The summed E-state index contributed by atoms with van der Waals surface area (Å²) in [5.74, 6) is 0.495. The first-order valence-electron chi connectivity index (χ1n) is 7.08. The first-order valence-corrected chi connectivity index (χ1v) is 7.08. The summed E-state index contributed by atoms with van der Waals surface area (Å²) in [4.78, 5) is 23.4. The molecule has 1 amide bonds. The molecule has 2 fully saturated rings. The van der Waals surface area contributed by atoms with E-state index in [0.717, 1.165) is 38.5 Å². The van der Waals surface area contributed by atoms with E-state index in [1.807, 2.05) is 0 Å². The zero-order chi connectivity index (χ0) is 13.2. The molecule has 102 valence electrons. The van der Waals surface area contributed by atoms with Crippen LogP contribution in [0.2, 0.25) is 0 Å². The van der Waals surface area contributed by atoms with Gasteiger partial charge >= 0.3 is 0 Å². The molecular formula is C14H19N3O2. The normalized spacial score (nSPS) is 26.9. The molecule has 2 aliphatic carbocycles. The molecule has 0 bridgehead atoms. The molecule has 3 rings (SSSR count). The monoisotopic (exact) mass is 261 g/mol. The highest BCUT2D eigenvalue weighted by Gasteiger charge is 2.32. The first kappa shape index (κ1) is 12.4. The van der Waals surface area contributed by atoms with Gasteiger partial charge in [0.15, 0.2) is 0 Å². The van der Waals surface area contributed by atoms with Gasteiger partial charge < -0.3 is 5.32 Å². The van der Waals surface area contributed by atoms with Crippen LogP contribution in [0.15, 0.2) is 23.1 Å². The molecule has 1 heterocycles. The van der Waals surface area contributed by atoms with Crippen LogP contribution in [0.5, 0.6) is 0 Å². The number of amides is 1. The van der Waals surface area contributed by atoms with Gasteiger partial charge in [-0.25, -0.2) is 4.68 Å². The molecule has 1 aromatic heterocycles. The predicted molar refractivity (Wildman–Crippen MR) is 70.7 cm³/mol. The van der Waals surface area contributed by atoms with Crippen molar-refractivity contribution in [2.24, 2.45) is 5.92 Å².